The minimum Gasteiger partial charge on any atom is -0.383 e. The fourth-order valence-electron chi connectivity index (χ4n) is 1.81. The van der Waals surface area contributed by atoms with Gasteiger partial charge in [-0.05, 0) is 36.6 Å². The normalized spacial score (nSPS) is 10.3. The third-order valence-corrected chi connectivity index (χ3v) is 3.14. The number of halogens is 2. The molecule has 2 aromatic rings. The van der Waals surface area contributed by atoms with Crippen molar-refractivity contribution in [1.29, 1.82) is 0 Å². The van der Waals surface area contributed by atoms with Crippen LogP contribution < -0.4 is 5.32 Å². The molecule has 0 bridgehead atoms. The molecule has 18 heavy (non-hydrogen) atoms. The SMILES string of the molecule is Fc1ccccc1NCCCc1ccccc1Cl. The van der Waals surface area contributed by atoms with E-state index in [-0.39, 0.29) is 5.82 Å². The maximum atomic E-state index is 13.3. The van der Waals surface area contributed by atoms with Gasteiger partial charge in [-0.2, -0.15) is 0 Å². The van der Waals surface area contributed by atoms with E-state index in [4.69, 9.17) is 11.6 Å². The van der Waals surface area contributed by atoms with Crippen LogP contribution in [0.3, 0.4) is 0 Å². The van der Waals surface area contributed by atoms with Gasteiger partial charge in [0.1, 0.15) is 5.82 Å². The molecule has 0 spiro atoms. The van der Waals surface area contributed by atoms with Crippen LogP contribution in [0.4, 0.5) is 10.1 Å². The van der Waals surface area contributed by atoms with Crippen LogP contribution in [0.25, 0.3) is 0 Å². The first-order valence-electron chi connectivity index (χ1n) is 5.99. The lowest BCUT2D eigenvalue weighted by atomic mass is 10.1. The van der Waals surface area contributed by atoms with Gasteiger partial charge in [0.05, 0.1) is 5.69 Å². The number of aryl methyl sites for hydroxylation is 1. The van der Waals surface area contributed by atoms with Crippen LogP contribution in [-0.4, -0.2) is 6.54 Å². The minimum absolute atomic E-state index is 0.213. The summed E-state index contributed by atoms with van der Waals surface area (Å²) in [5, 5.41) is 3.88. The molecule has 0 unspecified atom stereocenters. The van der Waals surface area contributed by atoms with Gasteiger partial charge in [0.15, 0.2) is 0 Å². The van der Waals surface area contributed by atoms with Crippen molar-refractivity contribution < 1.29 is 4.39 Å². The zero-order valence-corrected chi connectivity index (χ0v) is 10.8. The quantitative estimate of drug-likeness (QED) is 0.782. The molecule has 0 fully saturated rings. The molecule has 0 atom stereocenters. The number of para-hydroxylation sites is 1. The average Bonchev–Trinajstić information content (AvgIpc) is 2.38. The molecule has 0 amide bonds. The van der Waals surface area contributed by atoms with Crippen molar-refractivity contribution in [3.8, 4) is 0 Å². The molecule has 1 N–H and O–H groups in total. The topological polar surface area (TPSA) is 12.0 Å². The molecule has 3 heteroatoms. The Morgan fingerprint density at radius 1 is 1.00 bits per heavy atom. The van der Waals surface area contributed by atoms with Crippen LogP contribution in [-0.2, 0) is 6.42 Å². The Labute approximate surface area is 112 Å². The van der Waals surface area contributed by atoms with E-state index < -0.39 is 0 Å². The number of hydrogen-bond donors (Lipinski definition) is 1. The lowest BCUT2D eigenvalue weighted by molar-refractivity contribution is 0.629. The molecular weight excluding hydrogens is 249 g/mol. The molecule has 0 aliphatic rings. The fraction of sp³-hybridized carbons (Fsp3) is 0.200. The predicted octanol–water partition coefficient (Wildman–Crippen LogP) is 4.52. The largest absolute Gasteiger partial charge is 0.383 e. The zero-order chi connectivity index (χ0) is 12.8. The molecule has 0 saturated heterocycles. The van der Waals surface area contributed by atoms with E-state index in [9.17, 15) is 4.39 Å². The molecule has 0 aliphatic heterocycles. The Balaban J connectivity index is 1.80. The van der Waals surface area contributed by atoms with Crippen molar-refractivity contribution in [2.45, 2.75) is 12.8 Å². The molecule has 0 aromatic heterocycles. The first-order chi connectivity index (χ1) is 8.77. The highest BCUT2D eigenvalue weighted by molar-refractivity contribution is 6.31. The number of anilines is 1. The maximum Gasteiger partial charge on any atom is 0.146 e. The van der Waals surface area contributed by atoms with Crippen LogP contribution in [0.5, 0.6) is 0 Å². The number of rotatable bonds is 5. The second kappa shape index (κ2) is 6.41. The highest BCUT2D eigenvalue weighted by Crippen LogP contribution is 2.17. The van der Waals surface area contributed by atoms with Gasteiger partial charge in [0, 0.05) is 11.6 Å². The van der Waals surface area contributed by atoms with Crippen molar-refractivity contribution >= 4 is 17.3 Å². The van der Waals surface area contributed by atoms with Crippen molar-refractivity contribution in [2.75, 3.05) is 11.9 Å². The lowest BCUT2D eigenvalue weighted by Gasteiger charge is -2.08. The number of hydrogen-bond acceptors (Lipinski definition) is 1. The van der Waals surface area contributed by atoms with E-state index in [0.29, 0.717) is 5.69 Å². The van der Waals surface area contributed by atoms with E-state index in [2.05, 4.69) is 5.32 Å². The Morgan fingerprint density at radius 3 is 2.50 bits per heavy atom. The Bertz CT molecular complexity index is 466. The maximum absolute atomic E-state index is 13.3. The predicted molar refractivity (Wildman–Crippen MR) is 74.7 cm³/mol. The smallest absolute Gasteiger partial charge is 0.146 e. The highest BCUT2D eigenvalue weighted by atomic mass is 35.5. The first kappa shape index (κ1) is 12.9. The van der Waals surface area contributed by atoms with E-state index in [0.717, 1.165) is 30.0 Å². The van der Waals surface area contributed by atoms with Crippen molar-refractivity contribution in [3.63, 3.8) is 0 Å². The van der Waals surface area contributed by atoms with E-state index in [1.54, 1.807) is 12.1 Å². The Hall–Kier alpha value is -1.54. The molecule has 0 radical (unpaired) electrons. The third-order valence-electron chi connectivity index (χ3n) is 2.77. The van der Waals surface area contributed by atoms with Crippen LogP contribution in [0.1, 0.15) is 12.0 Å². The van der Waals surface area contributed by atoms with Gasteiger partial charge in [-0.15, -0.1) is 0 Å². The van der Waals surface area contributed by atoms with E-state index >= 15 is 0 Å². The van der Waals surface area contributed by atoms with Gasteiger partial charge >= 0.3 is 0 Å². The summed E-state index contributed by atoms with van der Waals surface area (Å²) in [5.41, 5.74) is 1.69. The van der Waals surface area contributed by atoms with Gasteiger partial charge in [0.25, 0.3) is 0 Å². The molecule has 94 valence electrons. The monoisotopic (exact) mass is 263 g/mol. The van der Waals surface area contributed by atoms with Gasteiger partial charge < -0.3 is 5.32 Å². The third kappa shape index (κ3) is 3.47. The Morgan fingerprint density at radius 2 is 1.72 bits per heavy atom. The summed E-state index contributed by atoms with van der Waals surface area (Å²) in [6.45, 7) is 0.728. The Kier molecular flexibility index (Phi) is 4.59. The van der Waals surface area contributed by atoms with E-state index in [1.165, 1.54) is 6.07 Å². The molecule has 0 saturated carbocycles. The van der Waals surface area contributed by atoms with Crippen molar-refractivity contribution in [2.24, 2.45) is 0 Å². The second-order valence-corrected chi connectivity index (χ2v) is 4.51. The summed E-state index contributed by atoms with van der Waals surface area (Å²) in [7, 11) is 0. The average molecular weight is 264 g/mol. The molecule has 1 nitrogen and oxygen atoms in total. The zero-order valence-electron chi connectivity index (χ0n) is 10.00. The van der Waals surface area contributed by atoms with Crippen molar-refractivity contribution in [1.82, 2.24) is 0 Å². The van der Waals surface area contributed by atoms with Crippen LogP contribution in [0.15, 0.2) is 48.5 Å². The molecule has 2 aromatic carbocycles. The molecule has 0 heterocycles. The first-order valence-corrected chi connectivity index (χ1v) is 6.37. The summed E-state index contributed by atoms with van der Waals surface area (Å²) in [4.78, 5) is 0. The summed E-state index contributed by atoms with van der Waals surface area (Å²) in [6, 6.07) is 14.5. The minimum atomic E-state index is -0.213. The molecule has 2 rings (SSSR count). The van der Waals surface area contributed by atoms with Gasteiger partial charge in [-0.1, -0.05) is 41.9 Å². The van der Waals surface area contributed by atoms with Gasteiger partial charge in [-0.25, -0.2) is 4.39 Å². The van der Waals surface area contributed by atoms with E-state index in [1.807, 2.05) is 30.3 Å². The van der Waals surface area contributed by atoms with Gasteiger partial charge in [0.2, 0.25) is 0 Å². The van der Waals surface area contributed by atoms with Crippen LogP contribution in [0.2, 0.25) is 5.02 Å². The van der Waals surface area contributed by atoms with Crippen LogP contribution in [0, 0.1) is 5.82 Å². The lowest BCUT2D eigenvalue weighted by Crippen LogP contribution is -2.04. The molecular formula is C15H15ClFN. The standard InChI is InChI=1S/C15H15ClFN/c16-13-8-2-1-6-12(13)7-5-11-18-15-10-4-3-9-14(15)17/h1-4,6,8-10,18H,5,7,11H2. The van der Waals surface area contributed by atoms with Gasteiger partial charge in [-0.3, -0.25) is 0 Å². The fourth-order valence-corrected chi connectivity index (χ4v) is 2.04. The number of nitrogens with one attached hydrogen (secondary N) is 1. The summed E-state index contributed by atoms with van der Waals surface area (Å²) in [5.74, 6) is -0.213. The highest BCUT2D eigenvalue weighted by Gasteiger charge is 2.00. The summed E-state index contributed by atoms with van der Waals surface area (Å²) in [6.07, 6.45) is 1.80. The number of benzene rings is 2. The summed E-state index contributed by atoms with van der Waals surface area (Å²) >= 11 is 6.06. The molecule has 0 aliphatic carbocycles. The van der Waals surface area contributed by atoms with Crippen LogP contribution >= 0.6 is 11.6 Å². The van der Waals surface area contributed by atoms with Crippen molar-refractivity contribution in [3.05, 3.63) is 64.9 Å². The second-order valence-electron chi connectivity index (χ2n) is 4.10. The summed E-state index contributed by atoms with van der Waals surface area (Å²) < 4.78 is 13.3.